The van der Waals surface area contributed by atoms with Gasteiger partial charge in [-0.15, -0.1) is 0 Å². The summed E-state index contributed by atoms with van der Waals surface area (Å²) in [4.78, 5) is 11.8. The van der Waals surface area contributed by atoms with E-state index in [0.29, 0.717) is 5.75 Å². The Hall–Kier alpha value is -1.42. The van der Waals surface area contributed by atoms with E-state index < -0.39 is 0 Å². The number of ether oxygens (including phenoxy) is 1. The summed E-state index contributed by atoms with van der Waals surface area (Å²) >= 11 is 5.18. The number of esters is 1. The number of hydrogen-bond donors (Lipinski definition) is 1. The molecule has 1 aliphatic heterocycles. The summed E-state index contributed by atoms with van der Waals surface area (Å²) in [5.41, 5.74) is 2.00. The Morgan fingerprint density at radius 2 is 2.25 bits per heavy atom. The van der Waals surface area contributed by atoms with Gasteiger partial charge in [0.1, 0.15) is 5.75 Å². The van der Waals surface area contributed by atoms with Crippen molar-refractivity contribution in [1.82, 2.24) is 0 Å². The Balaban J connectivity index is 2.38. The number of carbonyl (C=O) groups is 1. The van der Waals surface area contributed by atoms with Crippen molar-refractivity contribution in [3.8, 4) is 5.75 Å². The Kier molecular flexibility index (Phi) is 3.19. The van der Waals surface area contributed by atoms with Crippen LogP contribution in [0.5, 0.6) is 5.75 Å². The largest absolute Gasteiger partial charge is 0.426 e. The van der Waals surface area contributed by atoms with Crippen LogP contribution in [-0.4, -0.2) is 11.0 Å². The summed E-state index contributed by atoms with van der Waals surface area (Å²) in [6.45, 7) is 1.41. The molecule has 0 radical (unpaired) electrons. The molecule has 3 nitrogen and oxygen atoms in total. The molecule has 1 aromatic carbocycles. The average molecular weight is 235 g/mol. The van der Waals surface area contributed by atoms with Gasteiger partial charge in [-0.2, -0.15) is 0 Å². The molecule has 1 N–H and O–H groups in total. The van der Waals surface area contributed by atoms with Gasteiger partial charge in [0.15, 0.2) is 0 Å². The monoisotopic (exact) mass is 235 g/mol. The Morgan fingerprint density at radius 3 is 3.00 bits per heavy atom. The second kappa shape index (κ2) is 4.61. The summed E-state index contributed by atoms with van der Waals surface area (Å²) in [5, 5.41) is 3.18. The van der Waals surface area contributed by atoms with E-state index in [1.54, 1.807) is 0 Å². The zero-order valence-corrected chi connectivity index (χ0v) is 9.89. The zero-order chi connectivity index (χ0) is 11.5. The van der Waals surface area contributed by atoms with Crippen LogP contribution in [-0.2, 0) is 11.2 Å². The smallest absolute Gasteiger partial charge is 0.308 e. The van der Waals surface area contributed by atoms with Crippen LogP contribution in [0.15, 0.2) is 18.2 Å². The average Bonchev–Trinajstić information content (AvgIpc) is 2.38. The highest BCUT2D eigenvalue weighted by atomic mass is 32.1. The molecule has 2 rings (SSSR count). The Morgan fingerprint density at radius 1 is 1.44 bits per heavy atom. The minimum Gasteiger partial charge on any atom is -0.426 e. The molecular formula is C12H13NO2S. The molecule has 0 saturated heterocycles. The van der Waals surface area contributed by atoms with Crippen molar-refractivity contribution >= 4 is 28.9 Å². The maximum absolute atomic E-state index is 11.0. The highest BCUT2D eigenvalue weighted by Gasteiger charge is 2.15. The minimum atomic E-state index is -0.291. The number of carbonyl (C=O) groups excluding carboxylic acids is 1. The molecule has 0 aliphatic carbocycles. The number of rotatable bonds is 1. The van der Waals surface area contributed by atoms with Crippen molar-refractivity contribution in [3.05, 3.63) is 23.8 Å². The molecule has 0 bridgehead atoms. The van der Waals surface area contributed by atoms with Crippen molar-refractivity contribution in [1.29, 1.82) is 0 Å². The van der Waals surface area contributed by atoms with Gasteiger partial charge in [-0.1, -0.05) is 18.3 Å². The molecule has 1 aliphatic rings. The number of thiocarbonyl (C=S) groups is 1. The first kappa shape index (κ1) is 11.1. The standard InChI is InChI=1S/C12H13NO2S/c1-8(14)15-11-6-3-5-10-9(11)4-2-7-12(16)13-10/h3,5-6H,2,4,7H2,1H3,(H,13,16). The van der Waals surface area contributed by atoms with Crippen LogP contribution in [0.4, 0.5) is 5.69 Å². The van der Waals surface area contributed by atoms with E-state index in [1.165, 1.54) is 6.92 Å². The summed E-state index contributed by atoms with van der Waals surface area (Å²) in [6.07, 6.45) is 2.74. The highest BCUT2D eigenvalue weighted by Crippen LogP contribution is 2.30. The molecule has 0 amide bonds. The molecule has 0 aromatic heterocycles. The first-order chi connectivity index (χ1) is 7.66. The molecular weight excluding hydrogens is 222 g/mol. The lowest BCUT2D eigenvalue weighted by Crippen LogP contribution is -2.08. The first-order valence-corrected chi connectivity index (χ1v) is 5.68. The van der Waals surface area contributed by atoms with Crippen molar-refractivity contribution in [2.75, 3.05) is 5.32 Å². The quantitative estimate of drug-likeness (QED) is 0.461. The maximum atomic E-state index is 11.0. The van der Waals surface area contributed by atoms with E-state index >= 15 is 0 Å². The second-order valence-electron chi connectivity index (χ2n) is 3.78. The molecule has 0 fully saturated rings. The third kappa shape index (κ3) is 2.39. The lowest BCUT2D eigenvalue weighted by atomic mass is 10.1. The molecule has 4 heteroatoms. The van der Waals surface area contributed by atoms with Gasteiger partial charge >= 0.3 is 5.97 Å². The van der Waals surface area contributed by atoms with Crippen LogP contribution in [0, 0.1) is 0 Å². The van der Waals surface area contributed by atoms with Gasteiger partial charge in [0.05, 0.1) is 4.99 Å². The Labute approximate surface area is 99.8 Å². The van der Waals surface area contributed by atoms with Gasteiger partial charge in [0, 0.05) is 18.2 Å². The predicted molar refractivity (Wildman–Crippen MR) is 66.9 cm³/mol. The van der Waals surface area contributed by atoms with Gasteiger partial charge in [-0.25, -0.2) is 0 Å². The number of nitrogens with one attached hydrogen (secondary N) is 1. The maximum Gasteiger partial charge on any atom is 0.308 e. The van der Waals surface area contributed by atoms with Crippen molar-refractivity contribution in [2.24, 2.45) is 0 Å². The van der Waals surface area contributed by atoms with E-state index in [2.05, 4.69) is 5.32 Å². The number of benzene rings is 1. The van der Waals surface area contributed by atoms with Gasteiger partial charge in [-0.05, 0) is 31.4 Å². The summed E-state index contributed by atoms with van der Waals surface area (Å²) in [7, 11) is 0. The zero-order valence-electron chi connectivity index (χ0n) is 9.08. The van der Waals surface area contributed by atoms with E-state index in [0.717, 1.165) is 35.5 Å². The highest BCUT2D eigenvalue weighted by molar-refractivity contribution is 7.80. The second-order valence-corrected chi connectivity index (χ2v) is 4.27. The SMILES string of the molecule is CC(=O)Oc1cccc2c1CCCC(=S)N2. The van der Waals surface area contributed by atoms with Crippen LogP contribution >= 0.6 is 12.2 Å². The fourth-order valence-corrected chi connectivity index (χ4v) is 2.08. The van der Waals surface area contributed by atoms with Gasteiger partial charge < -0.3 is 10.1 Å². The third-order valence-corrected chi connectivity index (χ3v) is 2.80. The number of anilines is 1. The number of fused-ring (bicyclic) bond motifs is 1. The van der Waals surface area contributed by atoms with Crippen molar-refractivity contribution in [2.45, 2.75) is 26.2 Å². The van der Waals surface area contributed by atoms with Gasteiger partial charge in [-0.3, -0.25) is 4.79 Å². The third-order valence-electron chi connectivity index (χ3n) is 2.49. The topological polar surface area (TPSA) is 38.3 Å². The first-order valence-electron chi connectivity index (χ1n) is 5.27. The normalized spacial score (nSPS) is 14.7. The van der Waals surface area contributed by atoms with Crippen LogP contribution in [0.2, 0.25) is 0 Å². The lowest BCUT2D eigenvalue weighted by molar-refractivity contribution is -0.131. The fraction of sp³-hybridized carbons (Fsp3) is 0.333. The van der Waals surface area contributed by atoms with E-state index in [9.17, 15) is 4.79 Å². The minimum absolute atomic E-state index is 0.291. The van der Waals surface area contributed by atoms with Crippen molar-refractivity contribution < 1.29 is 9.53 Å². The van der Waals surface area contributed by atoms with Gasteiger partial charge in [0.25, 0.3) is 0 Å². The van der Waals surface area contributed by atoms with Gasteiger partial charge in [0.2, 0.25) is 0 Å². The molecule has 1 aromatic rings. The molecule has 16 heavy (non-hydrogen) atoms. The van der Waals surface area contributed by atoms with Crippen LogP contribution in [0.1, 0.15) is 25.3 Å². The fourth-order valence-electron chi connectivity index (χ4n) is 1.83. The molecule has 0 saturated carbocycles. The molecule has 0 spiro atoms. The summed E-state index contributed by atoms with van der Waals surface area (Å²) in [5.74, 6) is 0.349. The Bertz CT molecular complexity index is 443. The summed E-state index contributed by atoms with van der Waals surface area (Å²) < 4.78 is 5.18. The van der Waals surface area contributed by atoms with E-state index in [1.807, 2.05) is 18.2 Å². The molecule has 1 heterocycles. The van der Waals surface area contributed by atoms with Crippen LogP contribution in [0.3, 0.4) is 0 Å². The lowest BCUT2D eigenvalue weighted by Gasteiger charge is -2.11. The number of hydrogen-bond acceptors (Lipinski definition) is 3. The van der Waals surface area contributed by atoms with Crippen LogP contribution in [0.25, 0.3) is 0 Å². The van der Waals surface area contributed by atoms with Crippen LogP contribution < -0.4 is 10.1 Å². The summed E-state index contributed by atoms with van der Waals surface area (Å²) in [6, 6.07) is 5.63. The van der Waals surface area contributed by atoms with E-state index in [4.69, 9.17) is 17.0 Å². The molecule has 0 unspecified atom stereocenters. The van der Waals surface area contributed by atoms with E-state index in [-0.39, 0.29) is 5.97 Å². The predicted octanol–water partition coefficient (Wildman–Crippen LogP) is 2.69. The molecule has 0 atom stereocenters. The van der Waals surface area contributed by atoms with Crippen molar-refractivity contribution in [3.63, 3.8) is 0 Å². The molecule has 84 valence electrons.